The molecule has 0 aliphatic rings. The summed E-state index contributed by atoms with van der Waals surface area (Å²) in [4.78, 5) is 0. The Morgan fingerprint density at radius 2 is 0.767 bits per heavy atom. The molecule has 2 heterocycles. The summed E-state index contributed by atoms with van der Waals surface area (Å²) in [6, 6.07) is 68.9. The van der Waals surface area contributed by atoms with Gasteiger partial charge in [0.15, 0.2) is 0 Å². The van der Waals surface area contributed by atoms with Crippen molar-refractivity contribution in [2.75, 3.05) is 0 Å². The second kappa shape index (κ2) is 12.5. The highest BCUT2D eigenvalue weighted by Gasteiger charge is 2.21. The number of rotatable bonds is 5. The predicted molar refractivity (Wildman–Crippen MR) is 259 cm³/mol. The molecular weight excluding hydrogens is 725 g/mol. The van der Waals surface area contributed by atoms with E-state index in [1.807, 2.05) is 0 Å². The molecule has 2 aromatic heterocycles. The minimum Gasteiger partial charge on any atom is -0.341 e. The number of nitrogens with zero attached hydrogens (tertiary/aromatic N) is 2. The molecule has 0 spiro atoms. The molecule has 0 saturated heterocycles. The summed E-state index contributed by atoms with van der Waals surface area (Å²) in [6.45, 7) is 6.34. The number of fused-ring (bicyclic) bond motifs is 8. The molecular formula is C58H40N2. The minimum absolute atomic E-state index is 0.913. The third-order valence-corrected chi connectivity index (χ3v) is 13.6. The van der Waals surface area contributed by atoms with Crippen LogP contribution in [-0.2, 0) is 13.1 Å². The van der Waals surface area contributed by atoms with Gasteiger partial charge < -0.3 is 9.13 Å². The summed E-state index contributed by atoms with van der Waals surface area (Å²) in [7, 11) is 0. The molecule has 0 N–H and O–H groups in total. The number of hydrogen-bond acceptors (Lipinski definition) is 0. The molecule has 0 aliphatic heterocycles. The standard InChI is InChI=1S/C58H40N2/c1-3-59-52-23-7-5-16-42(52)44-29-27-37(32-54(44)59)40-18-11-21-46-49(40)34-50-41(38-28-30-45-43-17-6-8-24-53(43)60(4-2)55(45)33-38)19-12-22-47(50)58(46)51-31-39-15-9-13-35-25-26-36-14-10-20-48(51)57(36)56(35)39/h5-34H,3-4H2,1-2H3. The van der Waals surface area contributed by atoms with Gasteiger partial charge in [0.05, 0.1) is 0 Å². The topological polar surface area (TPSA) is 9.86 Å². The molecule has 0 bridgehead atoms. The molecule has 2 heteroatoms. The largest absolute Gasteiger partial charge is 0.341 e. The van der Waals surface area contributed by atoms with E-state index in [1.54, 1.807) is 0 Å². The number of para-hydroxylation sites is 2. The van der Waals surface area contributed by atoms with E-state index in [0.717, 1.165) is 13.1 Å². The second-order valence-electron chi connectivity index (χ2n) is 16.5. The maximum atomic E-state index is 2.50. The van der Waals surface area contributed by atoms with Crippen molar-refractivity contribution >= 4 is 97.5 Å². The lowest BCUT2D eigenvalue weighted by atomic mass is 9.83. The van der Waals surface area contributed by atoms with Crippen LogP contribution in [0, 0.1) is 0 Å². The van der Waals surface area contributed by atoms with E-state index in [2.05, 4.69) is 205 Å². The van der Waals surface area contributed by atoms with Crippen LogP contribution in [0.4, 0.5) is 0 Å². The Morgan fingerprint density at radius 3 is 1.35 bits per heavy atom. The fourth-order valence-corrected chi connectivity index (χ4v) is 11.0. The number of aromatic nitrogens is 2. The van der Waals surface area contributed by atoms with Crippen LogP contribution in [0.25, 0.3) is 131 Å². The quantitative estimate of drug-likeness (QED) is 0.122. The van der Waals surface area contributed by atoms with E-state index in [9.17, 15) is 0 Å². The van der Waals surface area contributed by atoms with E-state index < -0.39 is 0 Å². The Hall–Kier alpha value is -7.42. The first-order valence-electron chi connectivity index (χ1n) is 21.4. The zero-order valence-corrected chi connectivity index (χ0v) is 33.6. The highest BCUT2D eigenvalue weighted by atomic mass is 15.0. The summed E-state index contributed by atoms with van der Waals surface area (Å²) >= 11 is 0. The average molecular weight is 765 g/mol. The molecule has 0 amide bonds. The van der Waals surface area contributed by atoms with Crippen LogP contribution >= 0.6 is 0 Å². The Bertz CT molecular complexity index is 3730. The van der Waals surface area contributed by atoms with Gasteiger partial charge in [0.25, 0.3) is 0 Å². The van der Waals surface area contributed by atoms with E-state index in [1.165, 1.54) is 131 Å². The summed E-state index contributed by atoms with van der Waals surface area (Å²) in [5.74, 6) is 0. The first kappa shape index (κ1) is 33.5. The Morgan fingerprint density at radius 1 is 0.300 bits per heavy atom. The lowest BCUT2D eigenvalue weighted by molar-refractivity contribution is 0.827. The van der Waals surface area contributed by atoms with Crippen molar-refractivity contribution in [1.82, 2.24) is 9.13 Å². The zero-order valence-electron chi connectivity index (χ0n) is 33.6. The van der Waals surface area contributed by atoms with Crippen molar-refractivity contribution in [2.45, 2.75) is 26.9 Å². The maximum Gasteiger partial charge on any atom is 0.0497 e. The van der Waals surface area contributed by atoms with Gasteiger partial charge in [-0.15, -0.1) is 0 Å². The molecule has 2 nitrogen and oxygen atoms in total. The van der Waals surface area contributed by atoms with Crippen molar-refractivity contribution in [3.05, 3.63) is 182 Å². The molecule has 0 fully saturated rings. The van der Waals surface area contributed by atoms with Gasteiger partial charge in [-0.05, 0) is 137 Å². The van der Waals surface area contributed by atoms with Crippen LogP contribution in [0.15, 0.2) is 182 Å². The predicted octanol–water partition coefficient (Wildman–Crippen LogP) is 16.1. The number of benzene rings is 11. The molecule has 13 aromatic rings. The maximum absolute atomic E-state index is 2.50. The smallest absolute Gasteiger partial charge is 0.0497 e. The van der Waals surface area contributed by atoms with Crippen LogP contribution in [0.3, 0.4) is 0 Å². The normalized spacial score (nSPS) is 12.3. The lowest BCUT2D eigenvalue weighted by Crippen LogP contribution is -1.94. The van der Waals surface area contributed by atoms with E-state index in [4.69, 9.17) is 0 Å². The van der Waals surface area contributed by atoms with Crippen LogP contribution in [0.1, 0.15) is 13.8 Å². The monoisotopic (exact) mass is 764 g/mol. The minimum atomic E-state index is 0.913. The van der Waals surface area contributed by atoms with Crippen molar-refractivity contribution in [3.63, 3.8) is 0 Å². The number of hydrogen-bond donors (Lipinski definition) is 0. The van der Waals surface area contributed by atoms with Gasteiger partial charge in [0, 0.05) is 56.7 Å². The fourth-order valence-electron chi connectivity index (χ4n) is 11.0. The van der Waals surface area contributed by atoms with Gasteiger partial charge >= 0.3 is 0 Å². The summed E-state index contributed by atoms with van der Waals surface area (Å²) in [5.41, 5.74) is 12.7. The molecule has 60 heavy (non-hydrogen) atoms. The molecule has 0 atom stereocenters. The van der Waals surface area contributed by atoms with Crippen molar-refractivity contribution in [3.8, 4) is 33.4 Å². The molecule has 0 unspecified atom stereocenters. The van der Waals surface area contributed by atoms with E-state index in [-0.39, 0.29) is 0 Å². The SMILES string of the molecule is CCn1c2ccccc2c2ccc(-c3cccc4c(-c5cc6cccc7ccc8cccc5c8c76)c5cccc(-c6ccc7c8ccccc8n(CC)c7c6)c5cc34)cc21. The lowest BCUT2D eigenvalue weighted by Gasteiger charge is -2.20. The number of aryl methyl sites for hydroxylation is 2. The summed E-state index contributed by atoms with van der Waals surface area (Å²) in [6.07, 6.45) is 0. The van der Waals surface area contributed by atoms with Gasteiger partial charge in [0.2, 0.25) is 0 Å². The van der Waals surface area contributed by atoms with Crippen LogP contribution in [0.2, 0.25) is 0 Å². The molecule has 0 saturated carbocycles. The fraction of sp³-hybridized carbons (Fsp3) is 0.0690. The van der Waals surface area contributed by atoms with Crippen molar-refractivity contribution in [2.24, 2.45) is 0 Å². The van der Waals surface area contributed by atoms with Crippen molar-refractivity contribution < 1.29 is 0 Å². The van der Waals surface area contributed by atoms with Crippen molar-refractivity contribution in [1.29, 1.82) is 0 Å². The second-order valence-corrected chi connectivity index (χ2v) is 16.5. The van der Waals surface area contributed by atoms with Gasteiger partial charge in [-0.3, -0.25) is 0 Å². The van der Waals surface area contributed by atoms with Crippen LogP contribution < -0.4 is 0 Å². The molecule has 13 rings (SSSR count). The van der Waals surface area contributed by atoms with Gasteiger partial charge in [-0.1, -0.05) is 146 Å². The van der Waals surface area contributed by atoms with Crippen LogP contribution in [0.5, 0.6) is 0 Å². The highest BCUT2D eigenvalue weighted by molar-refractivity contribution is 6.30. The molecule has 0 radical (unpaired) electrons. The Balaban J connectivity index is 1.16. The first-order valence-corrected chi connectivity index (χ1v) is 21.4. The highest BCUT2D eigenvalue weighted by Crippen LogP contribution is 2.48. The third kappa shape index (κ3) is 4.53. The van der Waals surface area contributed by atoms with Gasteiger partial charge in [0.1, 0.15) is 0 Å². The van der Waals surface area contributed by atoms with Gasteiger partial charge in [-0.2, -0.15) is 0 Å². The van der Waals surface area contributed by atoms with Crippen LogP contribution in [-0.4, -0.2) is 9.13 Å². The summed E-state index contributed by atoms with van der Waals surface area (Å²) < 4.78 is 4.94. The first-order chi connectivity index (χ1) is 29.7. The molecule has 11 aromatic carbocycles. The zero-order chi connectivity index (χ0) is 39.6. The molecule has 0 aliphatic carbocycles. The Kier molecular flexibility index (Phi) is 7.01. The van der Waals surface area contributed by atoms with E-state index in [0.29, 0.717) is 0 Å². The van der Waals surface area contributed by atoms with Gasteiger partial charge in [-0.25, -0.2) is 0 Å². The summed E-state index contributed by atoms with van der Waals surface area (Å²) in [5, 5.41) is 18.1. The average Bonchev–Trinajstić information content (AvgIpc) is 3.80. The third-order valence-electron chi connectivity index (χ3n) is 13.6. The molecule has 282 valence electrons. The van der Waals surface area contributed by atoms with E-state index >= 15 is 0 Å². The Labute approximate surface area is 347 Å².